The lowest BCUT2D eigenvalue weighted by Gasteiger charge is -2.20. The highest BCUT2D eigenvalue weighted by atomic mass is 16.5. The monoisotopic (exact) mass is 362 g/mol. The van der Waals surface area contributed by atoms with Gasteiger partial charge in [0, 0.05) is 13.5 Å². The van der Waals surface area contributed by atoms with Crippen LogP contribution in [0, 0.1) is 5.92 Å². The number of hydrogen-bond donors (Lipinski definition) is 3. The standard InChI is InChI=1S/C17H22N4O5/c1-10(2)8-13-18-14(26-20-13)9-21(3)17(25)19-15(16(23)24)11-4-6-12(22)7-5-11/h4-7,10,15,22H,8-9H2,1-3H3,(H,19,25)(H,23,24)/t15-/m1/s1. The summed E-state index contributed by atoms with van der Waals surface area (Å²) in [7, 11) is 1.50. The van der Waals surface area contributed by atoms with Crippen LogP contribution in [-0.2, 0) is 17.8 Å². The Kier molecular flexibility index (Phi) is 6.16. The maximum absolute atomic E-state index is 12.3. The first kappa shape index (κ1) is 19.2. The number of phenolic OH excluding ortho intramolecular Hbond substituents is 1. The molecule has 9 heteroatoms. The fourth-order valence-electron chi connectivity index (χ4n) is 2.27. The summed E-state index contributed by atoms with van der Waals surface area (Å²) in [6, 6.07) is 3.74. The highest BCUT2D eigenvalue weighted by molar-refractivity contribution is 5.83. The van der Waals surface area contributed by atoms with E-state index in [1.54, 1.807) is 0 Å². The van der Waals surface area contributed by atoms with Crippen LogP contribution in [0.25, 0.3) is 0 Å². The predicted octanol–water partition coefficient (Wildman–Crippen LogP) is 1.94. The molecule has 3 N–H and O–H groups in total. The second kappa shape index (κ2) is 8.32. The Bertz CT molecular complexity index is 757. The lowest BCUT2D eigenvalue weighted by Crippen LogP contribution is -2.41. The number of carboxylic acid groups (broad SMARTS) is 1. The summed E-state index contributed by atoms with van der Waals surface area (Å²) in [5, 5.41) is 24.9. The molecule has 9 nitrogen and oxygen atoms in total. The summed E-state index contributed by atoms with van der Waals surface area (Å²) < 4.78 is 5.11. The first-order valence-corrected chi connectivity index (χ1v) is 8.11. The Hall–Kier alpha value is -3.10. The van der Waals surface area contributed by atoms with E-state index in [-0.39, 0.29) is 18.2 Å². The van der Waals surface area contributed by atoms with Gasteiger partial charge >= 0.3 is 12.0 Å². The molecule has 0 unspecified atom stereocenters. The molecular weight excluding hydrogens is 340 g/mol. The zero-order valence-corrected chi connectivity index (χ0v) is 14.8. The molecule has 0 aliphatic carbocycles. The van der Waals surface area contributed by atoms with Crippen molar-refractivity contribution in [3.8, 4) is 5.75 Å². The van der Waals surface area contributed by atoms with Gasteiger partial charge in [0.2, 0.25) is 5.89 Å². The number of carbonyl (C=O) groups excluding carboxylic acids is 1. The fraction of sp³-hybridized carbons (Fsp3) is 0.412. The second-order valence-corrected chi connectivity index (χ2v) is 6.37. The minimum atomic E-state index is -1.25. The molecule has 0 radical (unpaired) electrons. The van der Waals surface area contributed by atoms with Gasteiger partial charge in [0.1, 0.15) is 12.3 Å². The molecule has 0 aliphatic heterocycles. The number of phenols is 1. The van der Waals surface area contributed by atoms with E-state index >= 15 is 0 Å². The first-order chi connectivity index (χ1) is 12.3. The molecular formula is C17H22N4O5. The molecule has 2 aromatic rings. The quantitative estimate of drug-likeness (QED) is 0.686. The summed E-state index contributed by atoms with van der Waals surface area (Å²) in [6.07, 6.45) is 0.668. The van der Waals surface area contributed by atoms with E-state index in [0.29, 0.717) is 23.7 Å². The van der Waals surface area contributed by atoms with Gasteiger partial charge in [0.15, 0.2) is 11.9 Å². The maximum Gasteiger partial charge on any atom is 0.330 e. The van der Waals surface area contributed by atoms with Crippen molar-refractivity contribution in [3.63, 3.8) is 0 Å². The van der Waals surface area contributed by atoms with E-state index in [1.807, 2.05) is 13.8 Å². The van der Waals surface area contributed by atoms with Gasteiger partial charge in [-0.2, -0.15) is 4.98 Å². The minimum absolute atomic E-state index is 0.00919. The largest absolute Gasteiger partial charge is 0.508 e. The molecule has 1 aromatic heterocycles. The van der Waals surface area contributed by atoms with Crippen LogP contribution < -0.4 is 5.32 Å². The summed E-state index contributed by atoms with van der Waals surface area (Å²) in [5.41, 5.74) is 0.342. The molecule has 140 valence electrons. The second-order valence-electron chi connectivity index (χ2n) is 6.37. The molecule has 1 heterocycles. The van der Waals surface area contributed by atoms with E-state index in [4.69, 9.17) is 4.52 Å². The van der Waals surface area contributed by atoms with Crippen LogP contribution in [0.3, 0.4) is 0 Å². The number of amides is 2. The number of aliphatic carboxylic acids is 1. The Balaban J connectivity index is 2.00. The third-order valence-electron chi connectivity index (χ3n) is 3.56. The van der Waals surface area contributed by atoms with Gasteiger partial charge in [-0.25, -0.2) is 9.59 Å². The molecule has 0 spiro atoms. The number of hydrogen-bond acceptors (Lipinski definition) is 6. The molecule has 0 fully saturated rings. The predicted molar refractivity (Wildman–Crippen MR) is 91.3 cm³/mol. The van der Waals surface area contributed by atoms with Crippen molar-refractivity contribution >= 4 is 12.0 Å². The fourth-order valence-corrected chi connectivity index (χ4v) is 2.27. The Morgan fingerprint density at radius 3 is 2.50 bits per heavy atom. The van der Waals surface area contributed by atoms with Crippen LogP contribution in [0.1, 0.15) is 37.2 Å². The summed E-state index contributed by atoms with van der Waals surface area (Å²) >= 11 is 0. The van der Waals surface area contributed by atoms with Crippen molar-refractivity contribution in [2.75, 3.05) is 7.05 Å². The zero-order chi connectivity index (χ0) is 19.3. The molecule has 0 bridgehead atoms. The molecule has 2 rings (SSSR count). The third kappa shape index (κ3) is 5.20. The van der Waals surface area contributed by atoms with E-state index in [1.165, 1.54) is 36.2 Å². The lowest BCUT2D eigenvalue weighted by molar-refractivity contribution is -0.139. The molecule has 26 heavy (non-hydrogen) atoms. The normalized spacial score (nSPS) is 12.0. The number of benzene rings is 1. The maximum atomic E-state index is 12.3. The molecule has 0 saturated heterocycles. The van der Waals surface area contributed by atoms with Crippen LogP contribution in [0.2, 0.25) is 0 Å². The summed E-state index contributed by atoms with van der Waals surface area (Å²) in [5.74, 6) is 0.0126. The van der Waals surface area contributed by atoms with E-state index in [9.17, 15) is 19.8 Å². The van der Waals surface area contributed by atoms with Gasteiger partial charge in [-0.1, -0.05) is 31.1 Å². The van der Waals surface area contributed by atoms with Crippen molar-refractivity contribution in [2.24, 2.45) is 5.92 Å². The number of aromatic nitrogens is 2. The van der Waals surface area contributed by atoms with Gasteiger partial charge in [-0.15, -0.1) is 0 Å². The number of rotatable bonds is 7. The van der Waals surface area contributed by atoms with Crippen molar-refractivity contribution in [2.45, 2.75) is 32.9 Å². The van der Waals surface area contributed by atoms with E-state index in [0.717, 1.165) is 0 Å². The number of carboxylic acids is 1. The minimum Gasteiger partial charge on any atom is -0.508 e. The van der Waals surface area contributed by atoms with Gasteiger partial charge in [0.25, 0.3) is 0 Å². The van der Waals surface area contributed by atoms with Crippen molar-refractivity contribution < 1.29 is 24.3 Å². The number of urea groups is 1. The van der Waals surface area contributed by atoms with E-state index < -0.39 is 18.0 Å². The van der Waals surface area contributed by atoms with Crippen LogP contribution in [0.4, 0.5) is 4.79 Å². The average Bonchev–Trinajstić information content (AvgIpc) is 2.99. The van der Waals surface area contributed by atoms with Gasteiger partial charge in [-0.05, 0) is 23.6 Å². The highest BCUT2D eigenvalue weighted by Crippen LogP contribution is 2.17. The van der Waals surface area contributed by atoms with E-state index in [2.05, 4.69) is 15.5 Å². The van der Waals surface area contributed by atoms with Gasteiger partial charge in [-0.3, -0.25) is 0 Å². The topological polar surface area (TPSA) is 129 Å². The molecule has 1 atom stereocenters. The number of nitrogens with one attached hydrogen (secondary N) is 1. The lowest BCUT2D eigenvalue weighted by atomic mass is 10.1. The van der Waals surface area contributed by atoms with Crippen molar-refractivity contribution in [1.82, 2.24) is 20.4 Å². The zero-order valence-electron chi connectivity index (χ0n) is 14.8. The summed E-state index contributed by atoms with van der Waals surface area (Å²) in [6.45, 7) is 4.12. The SMILES string of the molecule is CC(C)Cc1noc(CN(C)C(=O)N[C@@H](C(=O)O)c2ccc(O)cc2)n1. The smallest absolute Gasteiger partial charge is 0.330 e. The average molecular weight is 362 g/mol. The highest BCUT2D eigenvalue weighted by Gasteiger charge is 2.24. The third-order valence-corrected chi connectivity index (χ3v) is 3.56. The van der Waals surface area contributed by atoms with Gasteiger partial charge in [0.05, 0.1) is 0 Å². The Labute approximate surface area is 150 Å². The number of aromatic hydroxyl groups is 1. The van der Waals surface area contributed by atoms with Crippen molar-refractivity contribution in [1.29, 1.82) is 0 Å². The van der Waals surface area contributed by atoms with Crippen LogP contribution >= 0.6 is 0 Å². The number of carbonyl (C=O) groups is 2. The molecule has 1 aromatic carbocycles. The van der Waals surface area contributed by atoms with Crippen molar-refractivity contribution in [3.05, 3.63) is 41.5 Å². The first-order valence-electron chi connectivity index (χ1n) is 8.11. The van der Waals surface area contributed by atoms with Crippen LogP contribution in [0.5, 0.6) is 5.75 Å². The molecule has 2 amide bonds. The molecule has 0 aliphatic rings. The van der Waals surface area contributed by atoms with Gasteiger partial charge < -0.3 is 25.0 Å². The Morgan fingerprint density at radius 1 is 1.27 bits per heavy atom. The van der Waals surface area contributed by atoms with Crippen LogP contribution in [-0.4, -0.2) is 44.3 Å². The number of nitrogens with zero attached hydrogens (tertiary/aromatic N) is 3. The molecule has 0 saturated carbocycles. The van der Waals surface area contributed by atoms with Crippen LogP contribution in [0.15, 0.2) is 28.8 Å². The summed E-state index contributed by atoms with van der Waals surface area (Å²) in [4.78, 5) is 29.2. The Morgan fingerprint density at radius 2 is 1.92 bits per heavy atom.